The molecule has 0 aromatic carbocycles. The molecule has 1 atom stereocenters. The van der Waals surface area contributed by atoms with Crippen LogP contribution in [0.4, 0.5) is 0 Å². The molecule has 1 amide bonds. The highest BCUT2D eigenvalue weighted by Crippen LogP contribution is 2.17. The summed E-state index contributed by atoms with van der Waals surface area (Å²) < 4.78 is 29.6. The lowest BCUT2D eigenvalue weighted by molar-refractivity contribution is -0.148. The van der Waals surface area contributed by atoms with E-state index in [0.29, 0.717) is 6.42 Å². The first-order valence-electron chi connectivity index (χ1n) is 7.92. The number of rotatable bonds is 5. The Labute approximate surface area is 147 Å². The third kappa shape index (κ3) is 4.68. The number of aromatic nitrogens is 2. The van der Waals surface area contributed by atoms with E-state index in [-0.39, 0.29) is 17.5 Å². The van der Waals surface area contributed by atoms with Crippen LogP contribution in [0.25, 0.3) is 6.08 Å². The van der Waals surface area contributed by atoms with Crippen molar-refractivity contribution in [2.45, 2.75) is 26.3 Å². The summed E-state index contributed by atoms with van der Waals surface area (Å²) in [5, 5.41) is 4.25. The second-order valence-electron chi connectivity index (χ2n) is 6.21. The Morgan fingerprint density at radius 3 is 2.60 bits per heavy atom. The summed E-state index contributed by atoms with van der Waals surface area (Å²) >= 11 is 0. The minimum Gasteiger partial charge on any atom is -0.452 e. The van der Waals surface area contributed by atoms with Gasteiger partial charge in [-0.05, 0) is 26.3 Å². The van der Waals surface area contributed by atoms with Crippen molar-refractivity contribution in [2.75, 3.05) is 25.2 Å². The van der Waals surface area contributed by atoms with Gasteiger partial charge in [0.05, 0.1) is 17.2 Å². The van der Waals surface area contributed by atoms with Crippen LogP contribution in [0.5, 0.6) is 0 Å². The molecule has 0 bridgehead atoms. The SMILES string of the molecule is Cc1nn(C)c(C)c1/C=C/C(=O)OCC(=O)N(C)[C@H]1CCS(=O)(=O)C1. The van der Waals surface area contributed by atoms with Crippen LogP contribution >= 0.6 is 0 Å². The van der Waals surface area contributed by atoms with E-state index >= 15 is 0 Å². The van der Waals surface area contributed by atoms with Gasteiger partial charge in [-0.15, -0.1) is 0 Å². The fourth-order valence-electron chi connectivity index (χ4n) is 2.75. The van der Waals surface area contributed by atoms with E-state index in [1.807, 2.05) is 20.9 Å². The Bertz CT molecular complexity index is 810. The van der Waals surface area contributed by atoms with Gasteiger partial charge in [0.1, 0.15) is 0 Å². The number of carbonyl (C=O) groups is 2. The molecule has 0 unspecified atom stereocenters. The average molecular weight is 369 g/mol. The molecule has 8 nitrogen and oxygen atoms in total. The molecule has 1 aromatic rings. The summed E-state index contributed by atoms with van der Waals surface area (Å²) in [4.78, 5) is 25.2. The highest BCUT2D eigenvalue weighted by Gasteiger charge is 2.32. The van der Waals surface area contributed by atoms with E-state index in [2.05, 4.69) is 5.10 Å². The predicted octanol–water partition coefficient (Wildman–Crippen LogP) is 0.239. The molecule has 2 heterocycles. The van der Waals surface area contributed by atoms with Crippen molar-refractivity contribution in [2.24, 2.45) is 7.05 Å². The predicted molar refractivity (Wildman–Crippen MR) is 92.5 cm³/mol. The summed E-state index contributed by atoms with van der Waals surface area (Å²) in [7, 11) is 0.271. The van der Waals surface area contributed by atoms with E-state index in [9.17, 15) is 18.0 Å². The Morgan fingerprint density at radius 1 is 1.40 bits per heavy atom. The highest BCUT2D eigenvalue weighted by molar-refractivity contribution is 7.91. The van der Waals surface area contributed by atoms with Crippen LogP contribution in [-0.4, -0.2) is 66.2 Å². The van der Waals surface area contributed by atoms with E-state index < -0.39 is 28.3 Å². The molecule has 0 spiro atoms. The van der Waals surface area contributed by atoms with Crippen LogP contribution in [0.1, 0.15) is 23.4 Å². The number of hydrogen-bond acceptors (Lipinski definition) is 6. The third-order valence-corrected chi connectivity index (χ3v) is 6.19. The monoisotopic (exact) mass is 369 g/mol. The van der Waals surface area contributed by atoms with Crippen LogP contribution in [0.15, 0.2) is 6.08 Å². The Hall–Kier alpha value is -2.16. The maximum Gasteiger partial charge on any atom is 0.331 e. The van der Waals surface area contributed by atoms with Crippen LogP contribution in [-0.2, 0) is 31.2 Å². The molecule has 1 aliphatic rings. The van der Waals surface area contributed by atoms with Crippen molar-refractivity contribution >= 4 is 27.8 Å². The zero-order chi connectivity index (χ0) is 18.8. The second kappa shape index (κ2) is 7.38. The fraction of sp³-hybridized carbons (Fsp3) is 0.562. The first-order chi connectivity index (χ1) is 11.6. The number of sulfone groups is 1. The molecule has 0 radical (unpaired) electrons. The third-order valence-electron chi connectivity index (χ3n) is 4.44. The zero-order valence-electron chi connectivity index (χ0n) is 14.9. The molecule has 0 aliphatic carbocycles. The number of ether oxygens (including phenoxy) is 1. The Morgan fingerprint density at radius 2 is 2.08 bits per heavy atom. The molecular formula is C16H23N3O5S. The summed E-state index contributed by atoms with van der Waals surface area (Å²) in [6, 6.07) is -0.354. The molecule has 25 heavy (non-hydrogen) atoms. The number of aryl methyl sites for hydroxylation is 2. The number of likely N-dealkylation sites (N-methyl/N-ethyl adjacent to an activating group) is 1. The number of amides is 1. The molecule has 1 fully saturated rings. The first-order valence-corrected chi connectivity index (χ1v) is 9.74. The minimum absolute atomic E-state index is 0.0390. The van der Waals surface area contributed by atoms with Gasteiger partial charge in [0, 0.05) is 37.5 Å². The van der Waals surface area contributed by atoms with E-state index in [1.165, 1.54) is 18.0 Å². The van der Waals surface area contributed by atoms with Crippen molar-refractivity contribution in [1.82, 2.24) is 14.7 Å². The summed E-state index contributed by atoms with van der Waals surface area (Å²) in [5.74, 6) is -1.01. The summed E-state index contributed by atoms with van der Waals surface area (Å²) in [6.07, 6.45) is 3.28. The van der Waals surface area contributed by atoms with Gasteiger partial charge in [0.15, 0.2) is 16.4 Å². The molecule has 138 valence electrons. The number of carbonyl (C=O) groups excluding carboxylic acids is 2. The summed E-state index contributed by atoms with van der Waals surface area (Å²) in [6.45, 7) is 3.31. The zero-order valence-corrected chi connectivity index (χ0v) is 15.7. The fourth-order valence-corrected chi connectivity index (χ4v) is 4.52. The van der Waals surface area contributed by atoms with Gasteiger partial charge in [-0.2, -0.15) is 5.10 Å². The van der Waals surface area contributed by atoms with Crippen LogP contribution < -0.4 is 0 Å². The van der Waals surface area contributed by atoms with E-state index in [4.69, 9.17) is 4.74 Å². The van der Waals surface area contributed by atoms with Gasteiger partial charge < -0.3 is 9.64 Å². The van der Waals surface area contributed by atoms with Gasteiger partial charge in [0.2, 0.25) is 0 Å². The van der Waals surface area contributed by atoms with Gasteiger partial charge in [-0.1, -0.05) is 0 Å². The first kappa shape index (κ1) is 19.2. The molecule has 9 heteroatoms. The Balaban J connectivity index is 1.87. The number of hydrogen-bond donors (Lipinski definition) is 0. The smallest absolute Gasteiger partial charge is 0.331 e. The average Bonchev–Trinajstić information content (AvgIpc) is 3.02. The molecule has 0 N–H and O–H groups in total. The van der Waals surface area contributed by atoms with Crippen LogP contribution in [0.2, 0.25) is 0 Å². The van der Waals surface area contributed by atoms with Gasteiger partial charge in [0.25, 0.3) is 5.91 Å². The molecule has 1 aromatic heterocycles. The quantitative estimate of drug-likeness (QED) is 0.545. The van der Waals surface area contributed by atoms with Crippen molar-refractivity contribution in [3.63, 3.8) is 0 Å². The topological polar surface area (TPSA) is 98.6 Å². The minimum atomic E-state index is -3.07. The van der Waals surface area contributed by atoms with Crippen LogP contribution in [0.3, 0.4) is 0 Å². The summed E-state index contributed by atoms with van der Waals surface area (Å²) in [5.41, 5.74) is 2.54. The molecular weight excluding hydrogens is 346 g/mol. The molecule has 2 rings (SSSR count). The maximum atomic E-state index is 12.0. The normalized spacial score (nSPS) is 19.3. The van der Waals surface area contributed by atoms with Crippen molar-refractivity contribution in [3.05, 3.63) is 23.0 Å². The molecule has 0 saturated carbocycles. The van der Waals surface area contributed by atoms with Crippen molar-refractivity contribution in [3.8, 4) is 0 Å². The largest absolute Gasteiger partial charge is 0.452 e. The van der Waals surface area contributed by atoms with Crippen LogP contribution in [0, 0.1) is 13.8 Å². The van der Waals surface area contributed by atoms with E-state index in [0.717, 1.165) is 17.0 Å². The van der Waals surface area contributed by atoms with Gasteiger partial charge in [-0.25, -0.2) is 13.2 Å². The standard InChI is InChI=1S/C16H23N3O5S/c1-11-14(12(2)19(4)17-11)5-6-16(21)24-9-15(20)18(3)13-7-8-25(22,23)10-13/h5-6,13H,7-10H2,1-4H3/b6-5+/t13-/m0/s1. The second-order valence-corrected chi connectivity index (χ2v) is 8.44. The lowest BCUT2D eigenvalue weighted by Gasteiger charge is -2.22. The molecule has 1 aliphatic heterocycles. The maximum absolute atomic E-state index is 12.0. The number of nitrogens with zero attached hydrogens (tertiary/aromatic N) is 3. The van der Waals surface area contributed by atoms with Gasteiger partial charge in [-0.3, -0.25) is 9.48 Å². The highest BCUT2D eigenvalue weighted by atomic mass is 32.2. The van der Waals surface area contributed by atoms with E-state index in [1.54, 1.807) is 10.8 Å². The van der Waals surface area contributed by atoms with Crippen molar-refractivity contribution < 1.29 is 22.7 Å². The lowest BCUT2D eigenvalue weighted by atomic mass is 10.2. The number of esters is 1. The van der Waals surface area contributed by atoms with Gasteiger partial charge >= 0.3 is 5.97 Å². The Kier molecular flexibility index (Phi) is 5.66. The lowest BCUT2D eigenvalue weighted by Crippen LogP contribution is -2.40. The van der Waals surface area contributed by atoms with Crippen molar-refractivity contribution in [1.29, 1.82) is 0 Å². The molecule has 1 saturated heterocycles.